The third-order valence-electron chi connectivity index (χ3n) is 3.41. The quantitative estimate of drug-likeness (QED) is 0.777. The summed E-state index contributed by atoms with van der Waals surface area (Å²) in [6.45, 7) is 3.53. The number of hydrogen-bond donors (Lipinski definition) is 0. The van der Waals surface area contributed by atoms with Gasteiger partial charge in [-0.05, 0) is 25.0 Å². The first-order valence-corrected chi connectivity index (χ1v) is 6.08. The van der Waals surface area contributed by atoms with Crippen molar-refractivity contribution in [2.45, 2.75) is 25.8 Å². The van der Waals surface area contributed by atoms with Crippen molar-refractivity contribution in [3.05, 3.63) is 24.4 Å². The minimum Gasteiger partial charge on any atom is -0.355 e. The fourth-order valence-electron chi connectivity index (χ4n) is 2.28. The Hall–Kier alpha value is -1.58. The van der Waals surface area contributed by atoms with Crippen molar-refractivity contribution in [1.82, 2.24) is 9.88 Å². The van der Waals surface area contributed by atoms with Gasteiger partial charge in [-0.15, -0.1) is 0 Å². The second kappa shape index (κ2) is 5.17. The molecule has 2 rings (SSSR count). The molecule has 92 valence electrons. The van der Waals surface area contributed by atoms with E-state index in [0.717, 1.165) is 31.7 Å². The van der Waals surface area contributed by atoms with Gasteiger partial charge in [0.05, 0.1) is 0 Å². The number of carbonyl (C=O) groups excluding carboxylic acids is 1. The lowest BCUT2D eigenvalue weighted by Crippen LogP contribution is -2.48. The molecule has 0 unspecified atom stereocenters. The second-order valence-electron chi connectivity index (χ2n) is 4.56. The zero-order chi connectivity index (χ0) is 12.3. The van der Waals surface area contributed by atoms with E-state index in [0.29, 0.717) is 6.04 Å². The summed E-state index contributed by atoms with van der Waals surface area (Å²) in [5.41, 5.74) is 0. The van der Waals surface area contributed by atoms with Gasteiger partial charge in [0.1, 0.15) is 5.82 Å². The predicted molar refractivity (Wildman–Crippen MR) is 67.9 cm³/mol. The first-order chi connectivity index (χ1) is 8.18. The molecule has 1 fully saturated rings. The normalized spacial score (nSPS) is 20.1. The van der Waals surface area contributed by atoms with Crippen LogP contribution >= 0.6 is 0 Å². The van der Waals surface area contributed by atoms with Crippen LogP contribution < -0.4 is 4.90 Å². The highest BCUT2D eigenvalue weighted by Crippen LogP contribution is 2.19. The number of pyridine rings is 1. The lowest BCUT2D eigenvalue weighted by molar-refractivity contribution is -0.129. The molecule has 0 aromatic carbocycles. The van der Waals surface area contributed by atoms with Crippen molar-refractivity contribution in [3.8, 4) is 0 Å². The topological polar surface area (TPSA) is 36.4 Å². The highest BCUT2D eigenvalue weighted by Gasteiger charge is 2.24. The predicted octanol–water partition coefficient (Wildman–Crippen LogP) is 1.53. The van der Waals surface area contributed by atoms with Crippen LogP contribution in [0.5, 0.6) is 0 Å². The van der Waals surface area contributed by atoms with Gasteiger partial charge < -0.3 is 9.80 Å². The number of piperidine rings is 1. The Kier molecular flexibility index (Phi) is 3.61. The molecular weight excluding hydrogens is 214 g/mol. The Morgan fingerprint density at radius 1 is 1.53 bits per heavy atom. The standard InChI is InChI=1S/C13H19N3O/c1-11(17)15(2)12-6-5-9-16(10-12)13-7-3-4-8-14-13/h3-4,7-8,12H,5-6,9-10H2,1-2H3/t12-/m0/s1. The van der Waals surface area contributed by atoms with Crippen LogP contribution in [0.3, 0.4) is 0 Å². The fourth-order valence-corrected chi connectivity index (χ4v) is 2.28. The summed E-state index contributed by atoms with van der Waals surface area (Å²) in [6, 6.07) is 6.26. The summed E-state index contributed by atoms with van der Waals surface area (Å²) in [5, 5.41) is 0. The van der Waals surface area contributed by atoms with E-state index < -0.39 is 0 Å². The van der Waals surface area contributed by atoms with E-state index in [4.69, 9.17) is 0 Å². The fraction of sp³-hybridized carbons (Fsp3) is 0.538. The smallest absolute Gasteiger partial charge is 0.219 e. The zero-order valence-electron chi connectivity index (χ0n) is 10.5. The third-order valence-corrected chi connectivity index (χ3v) is 3.41. The molecule has 1 saturated heterocycles. The maximum atomic E-state index is 11.4. The first kappa shape index (κ1) is 11.9. The van der Waals surface area contributed by atoms with Gasteiger partial charge in [-0.2, -0.15) is 0 Å². The summed E-state index contributed by atoms with van der Waals surface area (Å²) in [6.07, 6.45) is 4.01. The number of aromatic nitrogens is 1. The van der Waals surface area contributed by atoms with E-state index in [1.807, 2.05) is 36.3 Å². The number of hydrogen-bond acceptors (Lipinski definition) is 3. The van der Waals surface area contributed by atoms with Gasteiger partial charge in [-0.25, -0.2) is 4.98 Å². The van der Waals surface area contributed by atoms with Crippen LogP contribution in [0.25, 0.3) is 0 Å². The molecule has 17 heavy (non-hydrogen) atoms. The van der Waals surface area contributed by atoms with Gasteiger partial charge in [-0.1, -0.05) is 6.07 Å². The highest BCUT2D eigenvalue weighted by molar-refractivity contribution is 5.73. The van der Waals surface area contributed by atoms with Crippen molar-refractivity contribution in [1.29, 1.82) is 0 Å². The Labute approximate surface area is 102 Å². The molecule has 0 N–H and O–H groups in total. The van der Waals surface area contributed by atoms with E-state index in [-0.39, 0.29) is 5.91 Å². The Morgan fingerprint density at radius 3 is 3.00 bits per heavy atom. The Bertz CT molecular complexity index is 380. The number of carbonyl (C=O) groups is 1. The van der Waals surface area contributed by atoms with Crippen molar-refractivity contribution in [2.75, 3.05) is 25.0 Å². The molecule has 1 atom stereocenters. The molecule has 1 amide bonds. The summed E-state index contributed by atoms with van der Waals surface area (Å²) < 4.78 is 0. The van der Waals surface area contributed by atoms with Gasteiger partial charge in [0, 0.05) is 39.3 Å². The Balaban J connectivity index is 2.05. The lowest BCUT2D eigenvalue weighted by atomic mass is 10.0. The van der Waals surface area contributed by atoms with Gasteiger partial charge in [0.2, 0.25) is 5.91 Å². The molecule has 1 aromatic heterocycles. The zero-order valence-corrected chi connectivity index (χ0v) is 10.5. The van der Waals surface area contributed by atoms with Gasteiger partial charge in [0.25, 0.3) is 0 Å². The van der Waals surface area contributed by atoms with Crippen LogP contribution in [0, 0.1) is 0 Å². The number of amides is 1. The summed E-state index contributed by atoms with van der Waals surface area (Å²) in [7, 11) is 1.88. The van der Waals surface area contributed by atoms with E-state index in [1.54, 1.807) is 6.92 Å². The van der Waals surface area contributed by atoms with Crippen LogP contribution in [0.4, 0.5) is 5.82 Å². The molecule has 0 aliphatic carbocycles. The number of likely N-dealkylation sites (N-methyl/N-ethyl adjacent to an activating group) is 1. The molecule has 4 nitrogen and oxygen atoms in total. The molecule has 1 aliphatic rings. The molecule has 0 saturated carbocycles. The maximum Gasteiger partial charge on any atom is 0.219 e. The number of rotatable bonds is 2. The van der Waals surface area contributed by atoms with Crippen molar-refractivity contribution in [2.24, 2.45) is 0 Å². The number of anilines is 1. The Morgan fingerprint density at radius 2 is 2.35 bits per heavy atom. The molecule has 0 spiro atoms. The van der Waals surface area contributed by atoms with Gasteiger partial charge in [-0.3, -0.25) is 4.79 Å². The van der Waals surface area contributed by atoms with Crippen LogP contribution in [0.1, 0.15) is 19.8 Å². The highest BCUT2D eigenvalue weighted by atomic mass is 16.2. The van der Waals surface area contributed by atoms with Crippen LogP contribution in [0.15, 0.2) is 24.4 Å². The summed E-state index contributed by atoms with van der Waals surface area (Å²) >= 11 is 0. The first-order valence-electron chi connectivity index (χ1n) is 6.08. The second-order valence-corrected chi connectivity index (χ2v) is 4.56. The minimum absolute atomic E-state index is 0.137. The molecule has 0 bridgehead atoms. The monoisotopic (exact) mass is 233 g/mol. The van der Waals surface area contributed by atoms with E-state index in [9.17, 15) is 4.79 Å². The molecule has 0 radical (unpaired) electrons. The summed E-state index contributed by atoms with van der Waals surface area (Å²) in [5.74, 6) is 1.15. The van der Waals surface area contributed by atoms with E-state index in [2.05, 4.69) is 9.88 Å². The average molecular weight is 233 g/mol. The average Bonchev–Trinajstić information content (AvgIpc) is 2.39. The molecule has 4 heteroatoms. The number of nitrogens with zero attached hydrogens (tertiary/aromatic N) is 3. The molecule has 2 heterocycles. The van der Waals surface area contributed by atoms with Gasteiger partial charge >= 0.3 is 0 Å². The molecular formula is C13H19N3O. The third kappa shape index (κ3) is 2.75. The van der Waals surface area contributed by atoms with Crippen LogP contribution in [0.2, 0.25) is 0 Å². The van der Waals surface area contributed by atoms with E-state index >= 15 is 0 Å². The van der Waals surface area contributed by atoms with Crippen molar-refractivity contribution >= 4 is 11.7 Å². The van der Waals surface area contributed by atoms with Crippen molar-refractivity contribution < 1.29 is 4.79 Å². The van der Waals surface area contributed by atoms with Crippen LogP contribution in [-0.4, -0.2) is 42.0 Å². The lowest BCUT2D eigenvalue weighted by Gasteiger charge is -2.37. The van der Waals surface area contributed by atoms with E-state index in [1.165, 1.54) is 0 Å². The molecule has 1 aromatic rings. The molecule has 1 aliphatic heterocycles. The largest absolute Gasteiger partial charge is 0.355 e. The van der Waals surface area contributed by atoms with Crippen molar-refractivity contribution in [3.63, 3.8) is 0 Å². The van der Waals surface area contributed by atoms with Gasteiger partial charge in [0.15, 0.2) is 0 Å². The SMILES string of the molecule is CC(=O)N(C)[C@H]1CCCN(c2ccccn2)C1. The summed E-state index contributed by atoms with van der Waals surface area (Å²) in [4.78, 5) is 19.8. The minimum atomic E-state index is 0.137. The van der Waals surface area contributed by atoms with Crippen LogP contribution in [-0.2, 0) is 4.79 Å². The maximum absolute atomic E-state index is 11.4.